The smallest absolute Gasteiger partial charge is 0.344 e. The van der Waals surface area contributed by atoms with E-state index in [2.05, 4.69) is 20.7 Å². The van der Waals surface area contributed by atoms with Crippen LogP contribution in [0.2, 0.25) is 0 Å². The first-order chi connectivity index (χ1) is 8.13. The molecule has 17 heavy (non-hydrogen) atoms. The number of ether oxygens (including phenoxy) is 1. The molecule has 0 amide bonds. The lowest BCUT2D eigenvalue weighted by Gasteiger charge is -1.96. The minimum atomic E-state index is -0.377. The highest BCUT2D eigenvalue weighted by Crippen LogP contribution is 2.24. The van der Waals surface area contributed by atoms with Crippen LogP contribution in [0.25, 0.3) is 17.0 Å². The summed E-state index contributed by atoms with van der Waals surface area (Å²) in [6, 6.07) is 8.04. The summed E-state index contributed by atoms with van der Waals surface area (Å²) in [4.78, 5) is 11.3. The third-order valence-electron chi connectivity index (χ3n) is 2.59. The monoisotopic (exact) mass is 293 g/mol. The summed E-state index contributed by atoms with van der Waals surface area (Å²) in [6.45, 7) is 0. The quantitative estimate of drug-likeness (QED) is 0.629. The van der Waals surface area contributed by atoms with Crippen molar-refractivity contribution in [3.05, 3.63) is 40.5 Å². The second kappa shape index (κ2) is 4.75. The normalized spacial score (nSPS) is 11.8. The van der Waals surface area contributed by atoms with Crippen LogP contribution in [0.15, 0.2) is 34.9 Å². The highest BCUT2D eigenvalue weighted by molar-refractivity contribution is 9.12. The maximum atomic E-state index is 11.3. The first-order valence-corrected chi connectivity index (χ1v) is 5.92. The van der Waals surface area contributed by atoms with E-state index >= 15 is 0 Å². The van der Waals surface area contributed by atoms with Crippen molar-refractivity contribution in [1.29, 1.82) is 0 Å². The lowest BCUT2D eigenvalue weighted by Crippen LogP contribution is -1.98. The zero-order valence-electron chi connectivity index (χ0n) is 9.61. The number of para-hydroxylation sites is 1. The maximum absolute atomic E-state index is 11.3. The number of rotatable bonds is 2. The molecule has 0 aliphatic heterocycles. The Balaban J connectivity index is 2.53. The zero-order valence-corrected chi connectivity index (χ0v) is 11.2. The van der Waals surface area contributed by atoms with Crippen molar-refractivity contribution in [2.75, 3.05) is 7.11 Å². The number of benzene rings is 1. The Labute approximate surface area is 108 Å². The van der Waals surface area contributed by atoms with Gasteiger partial charge in [-0.1, -0.05) is 18.2 Å². The number of methoxy groups -OCH3 is 1. The Morgan fingerprint density at radius 1 is 1.41 bits per heavy atom. The number of fused-ring (bicyclic) bond motifs is 1. The van der Waals surface area contributed by atoms with Crippen molar-refractivity contribution in [2.24, 2.45) is 7.05 Å². The Morgan fingerprint density at radius 3 is 2.82 bits per heavy atom. The number of nitrogens with zero attached hydrogens (tertiary/aromatic N) is 1. The van der Waals surface area contributed by atoms with E-state index in [9.17, 15) is 4.79 Å². The van der Waals surface area contributed by atoms with Gasteiger partial charge in [0.25, 0.3) is 0 Å². The molecule has 4 heteroatoms. The number of carbonyl (C=O) groups is 1. The Morgan fingerprint density at radius 2 is 2.12 bits per heavy atom. The van der Waals surface area contributed by atoms with Crippen LogP contribution in [-0.4, -0.2) is 17.6 Å². The van der Waals surface area contributed by atoms with Gasteiger partial charge in [-0.25, -0.2) is 4.79 Å². The summed E-state index contributed by atoms with van der Waals surface area (Å²) in [5, 5.41) is 1.11. The summed E-state index contributed by atoms with van der Waals surface area (Å²) in [6.07, 6.45) is 3.75. The van der Waals surface area contributed by atoms with Gasteiger partial charge in [-0.2, -0.15) is 0 Å². The summed E-state index contributed by atoms with van der Waals surface area (Å²) >= 11 is 3.21. The predicted octanol–water partition coefficient (Wildman–Crippen LogP) is 3.09. The van der Waals surface area contributed by atoms with Gasteiger partial charge < -0.3 is 9.30 Å². The highest BCUT2D eigenvalue weighted by atomic mass is 79.9. The number of aryl methyl sites for hydroxylation is 1. The van der Waals surface area contributed by atoms with E-state index in [0.717, 1.165) is 16.5 Å². The molecular weight excluding hydrogens is 282 g/mol. The van der Waals surface area contributed by atoms with Crippen molar-refractivity contribution >= 4 is 38.9 Å². The molecule has 0 bridgehead atoms. The molecule has 0 unspecified atom stereocenters. The first-order valence-electron chi connectivity index (χ1n) is 5.13. The van der Waals surface area contributed by atoms with E-state index in [4.69, 9.17) is 0 Å². The third kappa shape index (κ3) is 2.26. The molecule has 0 radical (unpaired) electrons. The molecule has 2 aromatic rings. The van der Waals surface area contributed by atoms with E-state index in [1.54, 1.807) is 6.08 Å². The molecule has 0 aliphatic carbocycles. The maximum Gasteiger partial charge on any atom is 0.344 e. The van der Waals surface area contributed by atoms with Crippen LogP contribution in [0.1, 0.15) is 5.56 Å². The van der Waals surface area contributed by atoms with Crippen LogP contribution < -0.4 is 0 Å². The molecule has 1 heterocycles. The van der Waals surface area contributed by atoms with E-state index < -0.39 is 0 Å². The first kappa shape index (κ1) is 11.9. The molecule has 0 fully saturated rings. The number of aromatic nitrogens is 1. The fraction of sp³-hybridized carbons (Fsp3) is 0.154. The largest absolute Gasteiger partial charge is 0.465 e. The van der Waals surface area contributed by atoms with Crippen molar-refractivity contribution < 1.29 is 9.53 Å². The Hall–Kier alpha value is -1.55. The summed E-state index contributed by atoms with van der Waals surface area (Å²) < 4.78 is 7.08. The van der Waals surface area contributed by atoms with Gasteiger partial charge in [-0.15, -0.1) is 0 Å². The molecule has 0 saturated heterocycles. The molecule has 0 N–H and O–H groups in total. The van der Waals surface area contributed by atoms with E-state index in [1.165, 1.54) is 7.11 Å². The van der Waals surface area contributed by atoms with Crippen LogP contribution in [-0.2, 0) is 16.6 Å². The average molecular weight is 294 g/mol. The van der Waals surface area contributed by atoms with Gasteiger partial charge in [0.2, 0.25) is 0 Å². The number of hydrogen-bond donors (Lipinski definition) is 0. The molecule has 1 aromatic carbocycles. The Kier molecular flexibility index (Phi) is 3.33. The summed E-state index contributed by atoms with van der Waals surface area (Å²) in [5.74, 6) is -0.377. The number of carbonyl (C=O) groups excluding carboxylic acids is 1. The third-order valence-corrected chi connectivity index (χ3v) is 3.14. The van der Waals surface area contributed by atoms with Crippen LogP contribution in [0.3, 0.4) is 0 Å². The molecule has 0 spiro atoms. The van der Waals surface area contributed by atoms with E-state index in [0.29, 0.717) is 4.48 Å². The van der Waals surface area contributed by atoms with Gasteiger partial charge >= 0.3 is 5.97 Å². The topological polar surface area (TPSA) is 31.2 Å². The Bertz CT molecular complexity index is 598. The van der Waals surface area contributed by atoms with Crippen LogP contribution in [0, 0.1) is 0 Å². The molecular formula is C13H12BrNO2. The van der Waals surface area contributed by atoms with Gasteiger partial charge in [-0.3, -0.25) is 0 Å². The lowest BCUT2D eigenvalue weighted by atomic mass is 10.1. The molecule has 0 saturated carbocycles. The van der Waals surface area contributed by atoms with Crippen molar-refractivity contribution in [3.63, 3.8) is 0 Å². The molecule has 1 aromatic heterocycles. The fourth-order valence-corrected chi connectivity index (χ4v) is 2.19. The molecule has 3 nitrogen and oxygen atoms in total. The van der Waals surface area contributed by atoms with Crippen LogP contribution in [0.4, 0.5) is 0 Å². The van der Waals surface area contributed by atoms with Gasteiger partial charge in [0.15, 0.2) is 0 Å². The van der Waals surface area contributed by atoms with Gasteiger partial charge in [0.1, 0.15) is 4.48 Å². The van der Waals surface area contributed by atoms with E-state index in [-0.39, 0.29) is 5.97 Å². The van der Waals surface area contributed by atoms with Gasteiger partial charge in [0.05, 0.1) is 7.11 Å². The number of halogens is 1. The van der Waals surface area contributed by atoms with E-state index in [1.807, 2.05) is 42.1 Å². The SMILES string of the molecule is COC(=O)/C(Br)=C/c1cn(C)c2ccccc12. The minimum Gasteiger partial charge on any atom is -0.465 e. The average Bonchev–Trinajstić information content (AvgIpc) is 2.66. The predicted molar refractivity (Wildman–Crippen MR) is 71.8 cm³/mol. The second-order valence-electron chi connectivity index (χ2n) is 3.70. The fourth-order valence-electron chi connectivity index (χ4n) is 1.78. The molecule has 88 valence electrons. The van der Waals surface area contributed by atoms with Crippen molar-refractivity contribution in [2.45, 2.75) is 0 Å². The molecule has 2 rings (SSSR count). The zero-order chi connectivity index (χ0) is 12.4. The van der Waals surface area contributed by atoms with Gasteiger partial charge in [0, 0.05) is 29.7 Å². The van der Waals surface area contributed by atoms with Crippen molar-refractivity contribution in [1.82, 2.24) is 4.57 Å². The lowest BCUT2D eigenvalue weighted by molar-refractivity contribution is -0.135. The van der Waals surface area contributed by atoms with Crippen molar-refractivity contribution in [3.8, 4) is 0 Å². The summed E-state index contributed by atoms with van der Waals surface area (Å²) in [7, 11) is 3.34. The van der Waals surface area contributed by atoms with Crippen LogP contribution in [0.5, 0.6) is 0 Å². The second-order valence-corrected chi connectivity index (χ2v) is 4.55. The highest BCUT2D eigenvalue weighted by Gasteiger charge is 2.08. The van der Waals surface area contributed by atoms with Crippen LogP contribution >= 0.6 is 15.9 Å². The number of esters is 1. The van der Waals surface area contributed by atoms with Gasteiger partial charge in [-0.05, 0) is 28.1 Å². The standard InChI is InChI=1S/C13H12BrNO2/c1-15-8-9(7-11(14)13(16)17-2)10-5-3-4-6-12(10)15/h3-8H,1-2H3/b11-7-. The molecule has 0 aliphatic rings. The summed E-state index contributed by atoms with van der Waals surface area (Å²) in [5.41, 5.74) is 2.12. The molecule has 0 atom stereocenters. The number of hydrogen-bond acceptors (Lipinski definition) is 2. The minimum absolute atomic E-state index is 0.377.